The lowest BCUT2D eigenvalue weighted by atomic mass is 9.77. The van der Waals surface area contributed by atoms with Crippen LogP contribution in [0.25, 0.3) is 0 Å². The van der Waals surface area contributed by atoms with Crippen LogP contribution in [0.5, 0.6) is 0 Å². The van der Waals surface area contributed by atoms with Crippen LogP contribution in [0.15, 0.2) is 18.2 Å². The second-order valence-corrected chi connectivity index (χ2v) is 10.1. The van der Waals surface area contributed by atoms with Crippen molar-refractivity contribution in [3.63, 3.8) is 0 Å². The monoisotopic (exact) mass is 408 g/mol. The van der Waals surface area contributed by atoms with Crippen molar-refractivity contribution in [2.75, 3.05) is 50.8 Å². The molecule has 2 aliphatic heterocycles. The van der Waals surface area contributed by atoms with Gasteiger partial charge in [-0.25, -0.2) is 8.42 Å². The minimum atomic E-state index is -3.13. The first-order valence-corrected chi connectivity index (χ1v) is 11.3. The highest BCUT2D eigenvalue weighted by Gasteiger charge is 2.32. The Bertz CT molecular complexity index is 874. The average Bonchev–Trinajstić information content (AvgIpc) is 2.60. The van der Waals surface area contributed by atoms with Crippen LogP contribution in [0.3, 0.4) is 0 Å². The fraction of sp³-hybridized carbons (Fsp3) is 0.579. The number of hydrogen-bond acceptors (Lipinski definition) is 5. The Hall–Kier alpha value is -1.97. The molecule has 3 rings (SSSR count). The van der Waals surface area contributed by atoms with E-state index in [9.17, 15) is 18.0 Å². The number of carbonyl (C=O) groups is 2. The van der Waals surface area contributed by atoms with Crippen LogP contribution in [0.2, 0.25) is 0 Å². The summed E-state index contributed by atoms with van der Waals surface area (Å²) >= 11 is 0. The average molecular weight is 409 g/mol. The summed E-state index contributed by atoms with van der Waals surface area (Å²) in [4.78, 5) is 26.5. The van der Waals surface area contributed by atoms with E-state index >= 15 is 0 Å². The molecule has 0 aromatic heterocycles. The summed E-state index contributed by atoms with van der Waals surface area (Å²) in [5.41, 5.74) is 2.00. The fourth-order valence-corrected chi connectivity index (χ4v) is 4.59. The van der Waals surface area contributed by atoms with E-state index in [1.54, 1.807) is 12.1 Å². The Balaban J connectivity index is 1.53. The number of nitrogens with one attached hydrogen (secondary N) is 2. The van der Waals surface area contributed by atoms with Crippen molar-refractivity contribution in [3.05, 3.63) is 29.3 Å². The van der Waals surface area contributed by atoms with Gasteiger partial charge in [-0.1, -0.05) is 13.8 Å². The van der Waals surface area contributed by atoms with E-state index in [-0.39, 0.29) is 17.2 Å². The van der Waals surface area contributed by atoms with E-state index in [0.717, 1.165) is 11.3 Å². The summed E-state index contributed by atoms with van der Waals surface area (Å²) < 4.78 is 24.6. The normalized spacial score (nSPS) is 20.3. The summed E-state index contributed by atoms with van der Waals surface area (Å²) in [5, 5.41) is 5.79. The number of nitrogens with zero attached hydrogens (tertiary/aromatic N) is 2. The molecule has 154 valence electrons. The predicted molar refractivity (Wildman–Crippen MR) is 108 cm³/mol. The van der Waals surface area contributed by atoms with Crippen molar-refractivity contribution in [1.82, 2.24) is 14.5 Å². The minimum Gasteiger partial charge on any atom is -0.351 e. The first kappa shape index (κ1) is 20.8. The van der Waals surface area contributed by atoms with Crippen molar-refractivity contribution in [2.24, 2.45) is 0 Å². The van der Waals surface area contributed by atoms with Crippen LogP contribution in [0.4, 0.5) is 5.69 Å². The third-order valence-electron chi connectivity index (χ3n) is 5.40. The molecule has 28 heavy (non-hydrogen) atoms. The molecule has 0 atom stereocenters. The number of amides is 2. The van der Waals surface area contributed by atoms with Crippen LogP contribution < -0.4 is 10.6 Å². The summed E-state index contributed by atoms with van der Waals surface area (Å²) in [6.07, 6.45) is 1.62. The maximum Gasteiger partial charge on any atom is 0.251 e. The predicted octanol–water partition coefficient (Wildman–Crippen LogP) is 0.613. The third kappa shape index (κ3) is 4.71. The SMILES string of the molecule is CC1(C)CC(=O)Nc2ccc(C(=O)NCCN3CCN(S(C)(=O)=O)CC3)cc21. The number of sulfonamides is 1. The lowest BCUT2D eigenvalue weighted by Gasteiger charge is -2.33. The molecule has 1 aromatic carbocycles. The fourth-order valence-electron chi connectivity index (χ4n) is 3.76. The Labute approximate surface area is 166 Å². The number of fused-ring (bicyclic) bond motifs is 1. The Kier molecular flexibility index (Phi) is 5.79. The number of carbonyl (C=O) groups excluding carboxylic acids is 2. The molecule has 2 aliphatic rings. The second kappa shape index (κ2) is 7.81. The van der Waals surface area contributed by atoms with Crippen molar-refractivity contribution in [1.29, 1.82) is 0 Å². The number of benzene rings is 1. The first-order valence-electron chi connectivity index (χ1n) is 9.46. The topological polar surface area (TPSA) is 98.8 Å². The lowest BCUT2D eigenvalue weighted by Crippen LogP contribution is -2.49. The molecule has 1 aromatic rings. The molecule has 0 radical (unpaired) electrons. The highest BCUT2D eigenvalue weighted by atomic mass is 32.2. The van der Waals surface area contributed by atoms with Crippen LogP contribution in [0.1, 0.15) is 36.2 Å². The van der Waals surface area contributed by atoms with Crippen LogP contribution >= 0.6 is 0 Å². The van der Waals surface area contributed by atoms with Gasteiger partial charge < -0.3 is 10.6 Å². The largest absolute Gasteiger partial charge is 0.351 e. The quantitative estimate of drug-likeness (QED) is 0.744. The van der Waals surface area contributed by atoms with E-state index in [1.165, 1.54) is 10.6 Å². The van der Waals surface area contributed by atoms with Gasteiger partial charge in [-0.2, -0.15) is 4.31 Å². The zero-order valence-corrected chi connectivity index (χ0v) is 17.4. The van der Waals surface area contributed by atoms with Crippen LogP contribution in [0, 0.1) is 0 Å². The highest BCUT2D eigenvalue weighted by Crippen LogP contribution is 2.37. The number of piperazine rings is 1. The maximum atomic E-state index is 12.5. The molecule has 0 saturated carbocycles. The molecule has 2 heterocycles. The van der Waals surface area contributed by atoms with Gasteiger partial charge in [0.25, 0.3) is 5.91 Å². The number of rotatable bonds is 5. The smallest absolute Gasteiger partial charge is 0.251 e. The van der Waals surface area contributed by atoms with E-state index < -0.39 is 10.0 Å². The molecule has 8 nitrogen and oxygen atoms in total. The van der Waals surface area contributed by atoms with Gasteiger partial charge in [0.2, 0.25) is 15.9 Å². The summed E-state index contributed by atoms with van der Waals surface area (Å²) in [6.45, 7) is 7.47. The van der Waals surface area contributed by atoms with Gasteiger partial charge in [0.05, 0.1) is 6.26 Å². The van der Waals surface area contributed by atoms with Crippen LogP contribution in [-0.4, -0.2) is 75.0 Å². The standard InChI is InChI=1S/C19H28N4O4S/c1-19(2)13-17(24)21-16-5-4-14(12-15(16)19)18(25)20-6-7-22-8-10-23(11-9-22)28(3,26)27/h4-5,12H,6-11,13H2,1-3H3,(H,20,25)(H,21,24). The van der Waals surface area contributed by atoms with Crippen molar-refractivity contribution >= 4 is 27.5 Å². The van der Waals surface area contributed by atoms with E-state index in [0.29, 0.717) is 51.3 Å². The molecule has 2 N–H and O–H groups in total. The summed E-state index contributed by atoms with van der Waals surface area (Å²) in [5.74, 6) is -0.157. The lowest BCUT2D eigenvalue weighted by molar-refractivity contribution is -0.117. The van der Waals surface area contributed by atoms with Crippen molar-refractivity contribution in [3.8, 4) is 0 Å². The van der Waals surface area contributed by atoms with Gasteiger partial charge >= 0.3 is 0 Å². The maximum absolute atomic E-state index is 12.5. The zero-order valence-electron chi connectivity index (χ0n) is 16.6. The molecule has 0 bridgehead atoms. The van der Waals surface area contributed by atoms with E-state index in [2.05, 4.69) is 15.5 Å². The van der Waals surface area contributed by atoms with Gasteiger partial charge in [0, 0.05) is 62.4 Å². The van der Waals surface area contributed by atoms with E-state index in [4.69, 9.17) is 0 Å². The Morgan fingerprint density at radius 2 is 1.89 bits per heavy atom. The molecular formula is C19H28N4O4S. The number of hydrogen-bond donors (Lipinski definition) is 2. The molecule has 9 heteroatoms. The van der Waals surface area contributed by atoms with Crippen molar-refractivity contribution < 1.29 is 18.0 Å². The zero-order chi connectivity index (χ0) is 20.5. The molecule has 0 aliphatic carbocycles. The molecular weight excluding hydrogens is 380 g/mol. The number of anilines is 1. The first-order chi connectivity index (χ1) is 13.1. The minimum absolute atomic E-state index is 0.00864. The van der Waals surface area contributed by atoms with Gasteiger partial charge in [-0.15, -0.1) is 0 Å². The van der Waals surface area contributed by atoms with Gasteiger partial charge in [-0.05, 0) is 23.8 Å². The Morgan fingerprint density at radius 3 is 2.54 bits per heavy atom. The van der Waals surface area contributed by atoms with E-state index in [1.807, 2.05) is 19.9 Å². The molecule has 2 amide bonds. The third-order valence-corrected chi connectivity index (χ3v) is 6.70. The molecule has 0 spiro atoms. The Morgan fingerprint density at radius 1 is 1.21 bits per heavy atom. The second-order valence-electron chi connectivity index (χ2n) is 8.13. The summed E-state index contributed by atoms with van der Waals surface area (Å²) in [6, 6.07) is 5.36. The molecule has 1 fully saturated rings. The molecule has 0 unspecified atom stereocenters. The van der Waals surface area contributed by atoms with Crippen LogP contribution in [-0.2, 0) is 20.2 Å². The molecule has 1 saturated heterocycles. The van der Waals surface area contributed by atoms with Gasteiger partial charge in [0.15, 0.2) is 0 Å². The van der Waals surface area contributed by atoms with Gasteiger partial charge in [0.1, 0.15) is 0 Å². The van der Waals surface area contributed by atoms with Gasteiger partial charge in [-0.3, -0.25) is 14.5 Å². The van der Waals surface area contributed by atoms with Crippen molar-refractivity contribution in [2.45, 2.75) is 25.7 Å². The highest BCUT2D eigenvalue weighted by molar-refractivity contribution is 7.88. The summed E-state index contributed by atoms with van der Waals surface area (Å²) in [7, 11) is -3.13.